The smallest absolute Gasteiger partial charge is 0.232 e. The van der Waals surface area contributed by atoms with Crippen LogP contribution in [0.2, 0.25) is 0 Å². The maximum Gasteiger partial charge on any atom is 0.232 e. The molecule has 0 saturated carbocycles. The highest BCUT2D eigenvalue weighted by molar-refractivity contribution is 9.10. The van der Waals surface area contributed by atoms with E-state index in [1.54, 1.807) is 20.0 Å². The van der Waals surface area contributed by atoms with Gasteiger partial charge in [0, 0.05) is 22.1 Å². The molecule has 1 aromatic heterocycles. The van der Waals surface area contributed by atoms with Gasteiger partial charge < -0.3 is 10.4 Å². The van der Waals surface area contributed by atoms with Crippen molar-refractivity contribution in [1.82, 2.24) is 4.98 Å². The Morgan fingerprint density at radius 1 is 1.10 bits per heavy atom. The lowest BCUT2D eigenvalue weighted by Crippen LogP contribution is -2.29. The van der Waals surface area contributed by atoms with Crippen molar-refractivity contribution in [3.63, 3.8) is 0 Å². The minimum absolute atomic E-state index is 0.141. The van der Waals surface area contributed by atoms with E-state index >= 15 is 0 Å². The van der Waals surface area contributed by atoms with E-state index in [1.165, 1.54) is 0 Å². The molecule has 1 atom stereocenters. The SMILES string of the molecule is Cc1cc(-c2ccc(NC(=O)C(CC(C)(C)O)c3cccc(Br)c3)cc2)ccn1. The summed E-state index contributed by atoms with van der Waals surface area (Å²) in [5.41, 5.74) is 3.73. The number of halogens is 1. The summed E-state index contributed by atoms with van der Waals surface area (Å²) in [6.07, 6.45) is 2.11. The third-order valence-corrected chi connectivity index (χ3v) is 5.15. The highest BCUT2D eigenvalue weighted by Gasteiger charge is 2.28. The van der Waals surface area contributed by atoms with Gasteiger partial charge in [-0.15, -0.1) is 0 Å². The largest absolute Gasteiger partial charge is 0.390 e. The van der Waals surface area contributed by atoms with Crippen LogP contribution < -0.4 is 5.32 Å². The first-order valence-corrected chi connectivity index (χ1v) is 10.3. The topological polar surface area (TPSA) is 62.2 Å². The van der Waals surface area contributed by atoms with Crippen LogP contribution in [-0.4, -0.2) is 21.6 Å². The number of rotatable bonds is 6. The molecule has 1 unspecified atom stereocenters. The number of hydrogen-bond donors (Lipinski definition) is 2. The van der Waals surface area contributed by atoms with Crippen molar-refractivity contribution in [3.05, 3.63) is 82.6 Å². The van der Waals surface area contributed by atoms with Crippen molar-refractivity contribution in [3.8, 4) is 11.1 Å². The molecule has 1 amide bonds. The van der Waals surface area contributed by atoms with Gasteiger partial charge in [0.25, 0.3) is 0 Å². The summed E-state index contributed by atoms with van der Waals surface area (Å²) in [4.78, 5) is 17.3. The molecule has 0 fully saturated rings. The maximum absolute atomic E-state index is 13.1. The molecule has 4 nitrogen and oxygen atoms in total. The number of nitrogens with one attached hydrogen (secondary N) is 1. The number of anilines is 1. The fourth-order valence-corrected chi connectivity index (χ4v) is 3.70. The molecule has 5 heteroatoms. The number of carbonyl (C=O) groups is 1. The van der Waals surface area contributed by atoms with E-state index in [-0.39, 0.29) is 5.91 Å². The second-order valence-electron chi connectivity index (χ2n) is 7.88. The highest BCUT2D eigenvalue weighted by Crippen LogP contribution is 2.30. The standard InChI is InChI=1S/C24H25BrN2O2/c1-16-13-18(11-12-26-16)17-7-9-21(10-8-17)27-23(28)22(15-24(2,3)29)19-5-4-6-20(25)14-19/h4-14,22,29H,15H2,1-3H3,(H,27,28). The zero-order valence-corrected chi connectivity index (χ0v) is 18.4. The van der Waals surface area contributed by atoms with Gasteiger partial charge in [0.2, 0.25) is 5.91 Å². The van der Waals surface area contributed by atoms with Gasteiger partial charge in [-0.1, -0.05) is 40.2 Å². The minimum atomic E-state index is -0.965. The highest BCUT2D eigenvalue weighted by atomic mass is 79.9. The molecule has 0 aliphatic heterocycles. The van der Waals surface area contributed by atoms with Gasteiger partial charge >= 0.3 is 0 Å². The number of aliphatic hydroxyl groups is 1. The predicted molar refractivity (Wildman–Crippen MR) is 121 cm³/mol. The Morgan fingerprint density at radius 3 is 2.45 bits per heavy atom. The van der Waals surface area contributed by atoms with E-state index in [9.17, 15) is 9.90 Å². The average molecular weight is 453 g/mol. The first kappa shape index (κ1) is 21.2. The van der Waals surface area contributed by atoms with Gasteiger partial charge in [0.1, 0.15) is 0 Å². The number of nitrogens with zero attached hydrogens (tertiary/aromatic N) is 1. The fraction of sp³-hybridized carbons (Fsp3) is 0.250. The summed E-state index contributed by atoms with van der Waals surface area (Å²) in [5, 5.41) is 13.3. The summed E-state index contributed by atoms with van der Waals surface area (Å²) in [5.74, 6) is -0.604. The number of amides is 1. The first-order chi connectivity index (χ1) is 13.7. The summed E-state index contributed by atoms with van der Waals surface area (Å²) < 4.78 is 0.903. The summed E-state index contributed by atoms with van der Waals surface area (Å²) >= 11 is 3.46. The van der Waals surface area contributed by atoms with E-state index in [4.69, 9.17) is 0 Å². The van der Waals surface area contributed by atoms with Crippen LogP contribution in [0.3, 0.4) is 0 Å². The molecule has 0 radical (unpaired) electrons. The molecule has 0 aliphatic carbocycles. The minimum Gasteiger partial charge on any atom is -0.390 e. The van der Waals surface area contributed by atoms with Crippen molar-refractivity contribution in [1.29, 1.82) is 0 Å². The molecule has 0 saturated heterocycles. The van der Waals surface area contributed by atoms with Crippen molar-refractivity contribution in [2.24, 2.45) is 0 Å². The van der Waals surface area contributed by atoms with E-state index in [0.717, 1.165) is 32.5 Å². The Morgan fingerprint density at radius 2 is 1.83 bits per heavy atom. The number of carbonyl (C=O) groups excluding carboxylic acids is 1. The molecule has 150 valence electrons. The lowest BCUT2D eigenvalue weighted by molar-refractivity contribution is -0.119. The van der Waals surface area contributed by atoms with Gasteiger partial charge in [-0.25, -0.2) is 0 Å². The summed E-state index contributed by atoms with van der Waals surface area (Å²) in [6.45, 7) is 5.40. The number of hydrogen-bond acceptors (Lipinski definition) is 3. The monoisotopic (exact) mass is 452 g/mol. The number of pyridine rings is 1. The van der Waals surface area contributed by atoms with Gasteiger partial charge in [0.15, 0.2) is 0 Å². The third-order valence-electron chi connectivity index (χ3n) is 4.65. The average Bonchev–Trinajstić information content (AvgIpc) is 2.66. The Hall–Kier alpha value is -2.50. The van der Waals surface area contributed by atoms with Gasteiger partial charge in [0.05, 0.1) is 11.5 Å². The van der Waals surface area contributed by atoms with Crippen LogP contribution >= 0.6 is 15.9 Å². The molecular formula is C24H25BrN2O2. The first-order valence-electron chi connectivity index (χ1n) is 9.53. The second kappa shape index (κ2) is 8.89. The van der Waals surface area contributed by atoms with Crippen molar-refractivity contribution in [2.75, 3.05) is 5.32 Å². The Labute approximate surface area is 180 Å². The third kappa shape index (κ3) is 5.99. The lowest BCUT2D eigenvalue weighted by Gasteiger charge is -2.25. The van der Waals surface area contributed by atoms with Crippen LogP contribution in [0, 0.1) is 6.92 Å². The molecule has 3 rings (SSSR count). The van der Waals surface area contributed by atoms with Gasteiger partial charge in [-0.3, -0.25) is 9.78 Å². The lowest BCUT2D eigenvalue weighted by atomic mass is 9.87. The predicted octanol–water partition coefficient (Wildman–Crippen LogP) is 5.70. The summed E-state index contributed by atoms with van der Waals surface area (Å²) in [7, 11) is 0. The normalized spacial score (nSPS) is 12.4. The zero-order chi connectivity index (χ0) is 21.0. The van der Waals surface area contributed by atoms with Crippen LogP contribution in [0.4, 0.5) is 5.69 Å². The van der Waals surface area contributed by atoms with Crippen molar-refractivity contribution >= 4 is 27.5 Å². The molecule has 29 heavy (non-hydrogen) atoms. The van der Waals surface area contributed by atoms with Crippen LogP contribution in [0.15, 0.2) is 71.3 Å². The molecule has 3 aromatic rings. The van der Waals surface area contributed by atoms with Crippen molar-refractivity contribution < 1.29 is 9.90 Å². The molecule has 2 N–H and O–H groups in total. The van der Waals surface area contributed by atoms with Crippen LogP contribution in [0.5, 0.6) is 0 Å². The molecule has 1 heterocycles. The fourth-order valence-electron chi connectivity index (χ4n) is 3.29. The van der Waals surface area contributed by atoms with Crippen LogP contribution in [-0.2, 0) is 4.79 Å². The van der Waals surface area contributed by atoms with Crippen LogP contribution in [0.25, 0.3) is 11.1 Å². The quantitative estimate of drug-likeness (QED) is 0.503. The van der Waals surface area contributed by atoms with Gasteiger partial charge in [-0.05, 0) is 80.3 Å². The molecule has 0 aliphatic rings. The number of aromatic nitrogens is 1. The molecule has 0 bridgehead atoms. The van der Waals surface area contributed by atoms with E-state index in [0.29, 0.717) is 6.42 Å². The van der Waals surface area contributed by atoms with E-state index in [2.05, 4.69) is 26.2 Å². The number of benzene rings is 2. The zero-order valence-electron chi connectivity index (χ0n) is 16.8. The second-order valence-corrected chi connectivity index (χ2v) is 8.79. The molecule has 0 spiro atoms. The molecular weight excluding hydrogens is 428 g/mol. The summed E-state index contributed by atoms with van der Waals surface area (Å²) in [6, 6.07) is 19.4. The Bertz CT molecular complexity index is 994. The van der Waals surface area contributed by atoms with Crippen molar-refractivity contribution in [2.45, 2.75) is 38.7 Å². The Balaban J connectivity index is 1.80. The number of aryl methyl sites for hydroxylation is 1. The maximum atomic E-state index is 13.1. The Kier molecular flexibility index (Phi) is 6.50. The van der Waals surface area contributed by atoms with E-state index in [1.807, 2.05) is 67.6 Å². The molecule has 2 aromatic carbocycles. The van der Waals surface area contributed by atoms with Crippen LogP contribution in [0.1, 0.15) is 37.4 Å². The van der Waals surface area contributed by atoms with E-state index < -0.39 is 11.5 Å². The van der Waals surface area contributed by atoms with Gasteiger partial charge in [-0.2, -0.15) is 0 Å².